The lowest BCUT2D eigenvalue weighted by Gasteiger charge is -2.54. The Morgan fingerprint density at radius 1 is 1.06 bits per heavy atom. The number of carbonyl (C=O) groups is 2. The van der Waals surface area contributed by atoms with E-state index >= 15 is 0 Å². The van der Waals surface area contributed by atoms with Crippen LogP contribution in [-0.2, 0) is 37.7 Å². The SMILES string of the molecule is COc1cc2c(cc1OC(C)C)[C@H](c1ccc(Cl)cc1)N(c1ccc(C(C)(O)C3C4CNCC3(C(=O)OCc3ccccc3)COC4)cc1)C(=O)C2. The zero-order valence-electron chi connectivity index (χ0n) is 29.9. The third-order valence-electron chi connectivity index (χ3n) is 10.7. The van der Waals surface area contributed by atoms with Crippen molar-refractivity contribution in [2.24, 2.45) is 17.3 Å². The van der Waals surface area contributed by atoms with E-state index in [0.717, 1.165) is 22.3 Å². The number of hydrogen-bond donors (Lipinski definition) is 2. The molecular formula is C42H45ClN2O7. The summed E-state index contributed by atoms with van der Waals surface area (Å²) in [6.07, 6.45) is 0.0835. The Kier molecular flexibility index (Phi) is 10.1. The molecule has 2 saturated heterocycles. The van der Waals surface area contributed by atoms with Crippen LogP contribution in [0.4, 0.5) is 5.69 Å². The zero-order valence-corrected chi connectivity index (χ0v) is 30.7. The van der Waals surface area contributed by atoms with Crippen LogP contribution in [0.3, 0.4) is 0 Å². The highest BCUT2D eigenvalue weighted by Gasteiger charge is 2.61. The number of halogens is 1. The molecule has 10 heteroatoms. The van der Waals surface area contributed by atoms with Crippen molar-refractivity contribution >= 4 is 29.2 Å². The molecule has 0 spiro atoms. The normalized spacial score (nSPS) is 23.8. The molecule has 9 nitrogen and oxygen atoms in total. The average Bonchev–Trinajstić information content (AvgIpc) is 3.13. The van der Waals surface area contributed by atoms with Gasteiger partial charge in [0, 0.05) is 35.6 Å². The first-order chi connectivity index (χ1) is 25.0. The molecule has 2 bridgehead atoms. The van der Waals surface area contributed by atoms with Gasteiger partial charge in [-0.2, -0.15) is 0 Å². The van der Waals surface area contributed by atoms with Crippen molar-refractivity contribution in [3.63, 3.8) is 0 Å². The number of nitrogens with one attached hydrogen (secondary N) is 1. The molecule has 3 aliphatic heterocycles. The van der Waals surface area contributed by atoms with Crippen molar-refractivity contribution in [1.82, 2.24) is 5.32 Å². The first-order valence-electron chi connectivity index (χ1n) is 17.8. The molecule has 52 heavy (non-hydrogen) atoms. The van der Waals surface area contributed by atoms with Crippen molar-refractivity contribution in [2.45, 2.75) is 51.5 Å². The summed E-state index contributed by atoms with van der Waals surface area (Å²) in [7, 11) is 1.60. The van der Waals surface area contributed by atoms with E-state index in [0.29, 0.717) is 47.5 Å². The molecule has 7 rings (SSSR count). The third kappa shape index (κ3) is 6.67. The Bertz CT molecular complexity index is 1900. The third-order valence-corrected chi connectivity index (χ3v) is 10.9. The van der Waals surface area contributed by atoms with Crippen LogP contribution in [0.5, 0.6) is 11.5 Å². The molecule has 0 aromatic heterocycles. The number of hydrogen-bond acceptors (Lipinski definition) is 8. The molecule has 3 aliphatic rings. The summed E-state index contributed by atoms with van der Waals surface area (Å²) in [5.41, 5.74) is 2.34. The summed E-state index contributed by atoms with van der Waals surface area (Å²) in [6, 6.07) is 27.9. The van der Waals surface area contributed by atoms with Gasteiger partial charge in [0.2, 0.25) is 5.91 Å². The zero-order chi connectivity index (χ0) is 36.6. The van der Waals surface area contributed by atoms with Crippen LogP contribution in [0.1, 0.15) is 54.6 Å². The standard InChI is InChI=1S/C42H45ClN2O7/c1-26(2)52-36-20-34-29(18-35(36)49-4)19-37(46)45(38(34)28-10-14-32(43)15-11-28)33-16-12-31(13-17-33)41(3,48)39-30-21-44-24-42(39,25-50-23-30)40(47)51-22-27-8-6-5-7-9-27/h5-18,20,26,30,38-39,44,48H,19,21-25H2,1-4H3/t30?,38-,39?,41?,42?/m0/s1. The van der Waals surface area contributed by atoms with Crippen LogP contribution < -0.4 is 19.7 Å². The maximum absolute atomic E-state index is 14.1. The lowest BCUT2D eigenvalue weighted by atomic mass is 9.58. The van der Waals surface area contributed by atoms with E-state index in [9.17, 15) is 14.7 Å². The topological polar surface area (TPSA) is 107 Å². The van der Waals surface area contributed by atoms with Crippen LogP contribution in [-0.4, -0.2) is 56.5 Å². The average molecular weight is 725 g/mol. The van der Waals surface area contributed by atoms with Crippen LogP contribution in [0, 0.1) is 17.3 Å². The van der Waals surface area contributed by atoms with Gasteiger partial charge >= 0.3 is 5.97 Å². The molecule has 0 radical (unpaired) electrons. The molecule has 4 aromatic carbocycles. The number of benzene rings is 4. The summed E-state index contributed by atoms with van der Waals surface area (Å²) < 4.78 is 23.7. The quantitative estimate of drug-likeness (QED) is 0.176. The Morgan fingerprint density at radius 2 is 1.79 bits per heavy atom. The monoisotopic (exact) mass is 724 g/mol. The molecule has 5 atom stereocenters. The second-order valence-electron chi connectivity index (χ2n) is 14.6. The minimum atomic E-state index is -1.42. The number of rotatable bonds is 10. The van der Waals surface area contributed by atoms with Crippen molar-refractivity contribution < 1.29 is 33.6 Å². The van der Waals surface area contributed by atoms with Crippen LogP contribution in [0.15, 0.2) is 91.0 Å². The second kappa shape index (κ2) is 14.5. The fourth-order valence-electron chi connectivity index (χ4n) is 8.44. The van der Waals surface area contributed by atoms with Crippen molar-refractivity contribution in [2.75, 3.05) is 38.3 Å². The number of ether oxygens (including phenoxy) is 4. The molecule has 4 unspecified atom stereocenters. The number of carbonyl (C=O) groups excluding carboxylic acids is 2. The van der Waals surface area contributed by atoms with Crippen LogP contribution in [0.25, 0.3) is 0 Å². The van der Waals surface area contributed by atoms with Gasteiger partial charge in [-0.25, -0.2) is 0 Å². The highest BCUT2D eigenvalue weighted by atomic mass is 35.5. The Labute approximate surface area is 309 Å². The lowest BCUT2D eigenvalue weighted by Crippen LogP contribution is -2.66. The van der Waals surface area contributed by atoms with Gasteiger partial charge in [-0.15, -0.1) is 0 Å². The first kappa shape index (κ1) is 36.0. The van der Waals surface area contributed by atoms with Gasteiger partial charge in [0.15, 0.2) is 11.5 Å². The van der Waals surface area contributed by atoms with Gasteiger partial charge in [0.05, 0.1) is 44.5 Å². The Morgan fingerprint density at radius 3 is 2.48 bits per heavy atom. The molecule has 272 valence electrons. The van der Waals surface area contributed by atoms with E-state index in [1.807, 2.05) is 105 Å². The van der Waals surface area contributed by atoms with Gasteiger partial charge in [0.25, 0.3) is 0 Å². The lowest BCUT2D eigenvalue weighted by molar-refractivity contribution is -0.210. The van der Waals surface area contributed by atoms with Gasteiger partial charge < -0.3 is 34.3 Å². The molecule has 4 aromatic rings. The molecule has 2 N–H and O–H groups in total. The molecular weight excluding hydrogens is 680 g/mol. The fraction of sp³-hybridized carbons (Fsp3) is 0.381. The second-order valence-corrected chi connectivity index (χ2v) is 15.0. The molecule has 0 saturated carbocycles. The number of piperidine rings is 1. The van der Waals surface area contributed by atoms with E-state index in [2.05, 4.69) is 5.32 Å². The maximum atomic E-state index is 14.1. The van der Waals surface area contributed by atoms with Crippen LogP contribution >= 0.6 is 11.6 Å². The number of methoxy groups -OCH3 is 1. The van der Waals surface area contributed by atoms with Gasteiger partial charge in [-0.05, 0) is 85.0 Å². The van der Waals surface area contributed by atoms with Crippen molar-refractivity contribution in [3.8, 4) is 11.5 Å². The molecule has 2 fully saturated rings. The summed E-state index contributed by atoms with van der Waals surface area (Å²) in [5, 5.41) is 16.5. The summed E-state index contributed by atoms with van der Waals surface area (Å²) in [6.45, 7) is 7.31. The first-order valence-corrected chi connectivity index (χ1v) is 18.2. The van der Waals surface area contributed by atoms with Crippen molar-refractivity contribution in [1.29, 1.82) is 0 Å². The fourth-order valence-corrected chi connectivity index (χ4v) is 8.56. The van der Waals surface area contributed by atoms with E-state index in [1.165, 1.54) is 0 Å². The Balaban J connectivity index is 1.23. The Hall–Kier alpha value is -4.41. The minimum Gasteiger partial charge on any atom is -0.493 e. The van der Waals surface area contributed by atoms with Gasteiger partial charge in [-0.3, -0.25) is 9.59 Å². The van der Waals surface area contributed by atoms with E-state index in [-0.39, 0.29) is 37.6 Å². The van der Waals surface area contributed by atoms with Crippen LogP contribution in [0.2, 0.25) is 5.02 Å². The molecule has 3 heterocycles. The van der Waals surface area contributed by atoms with E-state index in [1.54, 1.807) is 18.9 Å². The minimum absolute atomic E-state index is 0.0847. The number of nitrogens with zero attached hydrogens (tertiary/aromatic N) is 1. The number of aliphatic hydroxyl groups is 1. The summed E-state index contributed by atoms with van der Waals surface area (Å²) >= 11 is 6.31. The highest BCUT2D eigenvalue weighted by molar-refractivity contribution is 6.30. The molecule has 0 aliphatic carbocycles. The number of fused-ring (bicyclic) bond motifs is 3. The number of esters is 1. The smallest absolute Gasteiger partial charge is 0.316 e. The number of amides is 1. The predicted molar refractivity (Wildman–Crippen MR) is 199 cm³/mol. The summed E-state index contributed by atoms with van der Waals surface area (Å²) in [5.74, 6) is 0.0835. The van der Waals surface area contributed by atoms with Crippen molar-refractivity contribution in [3.05, 3.63) is 124 Å². The van der Waals surface area contributed by atoms with E-state index in [4.69, 9.17) is 30.5 Å². The summed E-state index contributed by atoms with van der Waals surface area (Å²) in [4.78, 5) is 29.9. The van der Waals surface area contributed by atoms with Gasteiger partial charge in [0.1, 0.15) is 12.0 Å². The molecule has 1 amide bonds. The van der Waals surface area contributed by atoms with Gasteiger partial charge in [-0.1, -0.05) is 66.2 Å². The van der Waals surface area contributed by atoms with E-state index < -0.39 is 28.9 Å². The number of anilines is 1. The predicted octanol–water partition coefficient (Wildman–Crippen LogP) is 6.62. The highest BCUT2D eigenvalue weighted by Crippen LogP contribution is 2.51. The largest absolute Gasteiger partial charge is 0.493 e. The maximum Gasteiger partial charge on any atom is 0.316 e.